The van der Waals surface area contributed by atoms with Crippen LogP contribution in [-0.4, -0.2) is 21.6 Å². The lowest BCUT2D eigenvalue weighted by Gasteiger charge is -2.22. The summed E-state index contributed by atoms with van der Waals surface area (Å²) in [6, 6.07) is 7.32. The molecule has 3 atom stereocenters. The van der Waals surface area contributed by atoms with E-state index in [1.54, 1.807) is 6.07 Å². The van der Waals surface area contributed by atoms with Crippen molar-refractivity contribution in [3.63, 3.8) is 0 Å². The molecule has 22 heavy (non-hydrogen) atoms. The number of carbonyl (C=O) groups excluding carboxylic acids is 1. The second-order valence-electron chi connectivity index (χ2n) is 6.37. The van der Waals surface area contributed by atoms with E-state index in [-0.39, 0.29) is 24.2 Å². The standard InChI is InChI=1S/C17H18N2O3/c20-16-9-18-13-3-1-2-4-14(13)19(16)10-17(21)22-15-8-11-5-6-12(15)7-11/h1-4,9,11-12,15H,5-8,10H2. The second kappa shape index (κ2) is 5.23. The number of esters is 1. The first kappa shape index (κ1) is 13.5. The predicted molar refractivity (Wildman–Crippen MR) is 81.3 cm³/mol. The number of aromatic nitrogens is 2. The van der Waals surface area contributed by atoms with Crippen LogP contribution in [0.15, 0.2) is 35.3 Å². The Bertz CT molecular complexity index is 783. The Morgan fingerprint density at radius 1 is 1.27 bits per heavy atom. The van der Waals surface area contributed by atoms with Crippen LogP contribution in [0.4, 0.5) is 0 Å². The van der Waals surface area contributed by atoms with Gasteiger partial charge in [0.2, 0.25) is 0 Å². The summed E-state index contributed by atoms with van der Waals surface area (Å²) in [6.07, 6.45) is 5.93. The van der Waals surface area contributed by atoms with E-state index >= 15 is 0 Å². The molecule has 1 aromatic carbocycles. The van der Waals surface area contributed by atoms with Crippen molar-refractivity contribution in [2.24, 2.45) is 11.8 Å². The van der Waals surface area contributed by atoms with Crippen LogP contribution >= 0.6 is 0 Å². The Hall–Kier alpha value is -2.17. The third-order valence-corrected chi connectivity index (χ3v) is 5.00. The Labute approximate surface area is 127 Å². The molecule has 0 spiro atoms. The van der Waals surface area contributed by atoms with Gasteiger partial charge >= 0.3 is 5.97 Å². The van der Waals surface area contributed by atoms with Gasteiger partial charge in [-0.3, -0.25) is 14.2 Å². The van der Waals surface area contributed by atoms with Crippen LogP contribution in [0.5, 0.6) is 0 Å². The van der Waals surface area contributed by atoms with Gasteiger partial charge < -0.3 is 4.74 Å². The fourth-order valence-corrected chi connectivity index (χ4v) is 3.94. The summed E-state index contributed by atoms with van der Waals surface area (Å²) in [5.74, 6) is 0.933. The van der Waals surface area contributed by atoms with Crippen LogP contribution in [0.2, 0.25) is 0 Å². The van der Waals surface area contributed by atoms with Crippen molar-refractivity contribution in [3.8, 4) is 0 Å². The predicted octanol–water partition coefficient (Wildman–Crippen LogP) is 2.13. The number of nitrogens with zero attached hydrogens (tertiary/aromatic N) is 2. The van der Waals surface area contributed by atoms with Crippen LogP contribution in [-0.2, 0) is 16.1 Å². The van der Waals surface area contributed by atoms with E-state index in [1.165, 1.54) is 30.0 Å². The van der Waals surface area contributed by atoms with Crippen LogP contribution in [0, 0.1) is 11.8 Å². The van der Waals surface area contributed by atoms with Gasteiger partial charge in [0.1, 0.15) is 12.6 Å². The number of hydrogen-bond acceptors (Lipinski definition) is 4. The van der Waals surface area contributed by atoms with Crippen molar-refractivity contribution in [1.29, 1.82) is 0 Å². The third kappa shape index (κ3) is 2.30. The maximum absolute atomic E-state index is 12.2. The van der Waals surface area contributed by atoms with Crippen LogP contribution in [0.1, 0.15) is 25.7 Å². The van der Waals surface area contributed by atoms with Gasteiger partial charge in [0, 0.05) is 0 Å². The number of ether oxygens (including phenoxy) is 1. The zero-order valence-electron chi connectivity index (χ0n) is 12.3. The quantitative estimate of drug-likeness (QED) is 0.814. The fourth-order valence-electron chi connectivity index (χ4n) is 3.94. The molecule has 114 valence electrons. The van der Waals surface area contributed by atoms with E-state index in [2.05, 4.69) is 4.98 Å². The minimum Gasteiger partial charge on any atom is -0.461 e. The van der Waals surface area contributed by atoms with E-state index in [0.29, 0.717) is 17.0 Å². The van der Waals surface area contributed by atoms with Crippen molar-refractivity contribution in [2.75, 3.05) is 0 Å². The van der Waals surface area contributed by atoms with Gasteiger partial charge in [0.05, 0.1) is 17.2 Å². The van der Waals surface area contributed by atoms with Gasteiger partial charge in [-0.1, -0.05) is 12.1 Å². The molecule has 1 aromatic heterocycles. The molecule has 5 nitrogen and oxygen atoms in total. The highest BCUT2D eigenvalue weighted by Gasteiger charge is 2.41. The normalized spacial score (nSPS) is 26.5. The first-order valence-electron chi connectivity index (χ1n) is 7.85. The summed E-state index contributed by atoms with van der Waals surface area (Å²) < 4.78 is 7.08. The molecular weight excluding hydrogens is 280 g/mol. The van der Waals surface area contributed by atoms with Crippen LogP contribution < -0.4 is 5.56 Å². The van der Waals surface area contributed by atoms with Gasteiger partial charge in [-0.25, -0.2) is 4.98 Å². The summed E-state index contributed by atoms with van der Waals surface area (Å²) in [5.41, 5.74) is 1.10. The Morgan fingerprint density at radius 3 is 2.91 bits per heavy atom. The number of benzene rings is 1. The molecule has 0 saturated heterocycles. The first-order chi connectivity index (χ1) is 10.7. The molecule has 0 N–H and O–H groups in total. The van der Waals surface area contributed by atoms with Gasteiger partial charge in [-0.2, -0.15) is 0 Å². The van der Waals surface area contributed by atoms with E-state index in [1.807, 2.05) is 18.2 Å². The third-order valence-electron chi connectivity index (χ3n) is 5.00. The minimum atomic E-state index is -0.323. The molecule has 2 aromatic rings. The number of carbonyl (C=O) groups is 1. The topological polar surface area (TPSA) is 61.2 Å². The molecule has 2 saturated carbocycles. The van der Waals surface area contributed by atoms with Crippen LogP contribution in [0.3, 0.4) is 0 Å². The zero-order chi connectivity index (χ0) is 15.1. The molecular formula is C17H18N2O3. The number of rotatable bonds is 3. The molecule has 3 unspecified atom stereocenters. The molecule has 0 aliphatic heterocycles. The molecule has 2 fully saturated rings. The highest BCUT2D eigenvalue weighted by atomic mass is 16.5. The average Bonchev–Trinajstić information content (AvgIpc) is 3.13. The lowest BCUT2D eigenvalue weighted by atomic mass is 9.98. The van der Waals surface area contributed by atoms with Crippen molar-refractivity contribution in [3.05, 3.63) is 40.8 Å². The van der Waals surface area contributed by atoms with Gasteiger partial charge in [0.15, 0.2) is 0 Å². The number of hydrogen-bond donors (Lipinski definition) is 0. The largest absolute Gasteiger partial charge is 0.461 e. The van der Waals surface area contributed by atoms with Crippen molar-refractivity contribution in [1.82, 2.24) is 9.55 Å². The average molecular weight is 298 g/mol. The van der Waals surface area contributed by atoms with Gasteiger partial charge in [-0.05, 0) is 49.7 Å². The lowest BCUT2D eigenvalue weighted by Crippen LogP contribution is -2.30. The van der Waals surface area contributed by atoms with Crippen molar-refractivity contribution < 1.29 is 9.53 Å². The second-order valence-corrected chi connectivity index (χ2v) is 6.37. The fraction of sp³-hybridized carbons (Fsp3) is 0.471. The Balaban J connectivity index is 1.54. The summed E-state index contributed by atoms with van der Waals surface area (Å²) in [5, 5.41) is 0. The highest BCUT2D eigenvalue weighted by Crippen LogP contribution is 2.45. The molecule has 4 rings (SSSR count). The summed E-state index contributed by atoms with van der Waals surface area (Å²) >= 11 is 0. The molecule has 5 heteroatoms. The number of para-hydroxylation sites is 2. The zero-order valence-corrected chi connectivity index (χ0v) is 12.3. The molecule has 0 radical (unpaired) electrons. The Morgan fingerprint density at radius 2 is 2.14 bits per heavy atom. The maximum atomic E-state index is 12.2. The molecule has 2 aliphatic rings. The van der Waals surface area contributed by atoms with Crippen molar-refractivity contribution >= 4 is 17.0 Å². The highest BCUT2D eigenvalue weighted by molar-refractivity contribution is 5.77. The van der Waals surface area contributed by atoms with Gasteiger partial charge in [0.25, 0.3) is 5.56 Å². The summed E-state index contributed by atoms with van der Waals surface area (Å²) in [6.45, 7) is -0.0459. The SMILES string of the molecule is O=C(Cn1c(=O)cnc2ccccc21)OC1CC2CCC1C2. The van der Waals surface area contributed by atoms with E-state index in [4.69, 9.17) is 4.74 Å². The molecule has 2 bridgehead atoms. The summed E-state index contributed by atoms with van der Waals surface area (Å²) in [4.78, 5) is 28.4. The molecule has 1 heterocycles. The Kier molecular flexibility index (Phi) is 3.21. The lowest BCUT2D eigenvalue weighted by molar-refractivity contribution is -0.152. The van der Waals surface area contributed by atoms with E-state index in [9.17, 15) is 9.59 Å². The number of fused-ring (bicyclic) bond motifs is 3. The van der Waals surface area contributed by atoms with Crippen LogP contribution in [0.25, 0.3) is 11.0 Å². The first-order valence-corrected chi connectivity index (χ1v) is 7.85. The van der Waals surface area contributed by atoms with Gasteiger partial charge in [-0.15, -0.1) is 0 Å². The maximum Gasteiger partial charge on any atom is 0.326 e. The smallest absolute Gasteiger partial charge is 0.326 e. The minimum absolute atomic E-state index is 0.0459. The van der Waals surface area contributed by atoms with E-state index in [0.717, 1.165) is 12.3 Å². The van der Waals surface area contributed by atoms with Crippen molar-refractivity contribution in [2.45, 2.75) is 38.3 Å². The van der Waals surface area contributed by atoms with E-state index < -0.39 is 0 Å². The monoisotopic (exact) mass is 298 g/mol. The molecule has 0 amide bonds. The molecule has 2 aliphatic carbocycles. The summed E-state index contributed by atoms with van der Waals surface area (Å²) in [7, 11) is 0.